The van der Waals surface area contributed by atoms with E-state index in [4.69, 9.17) is 0 Å². The first-order chi connectivity index (χ1) is 9.37. The normalized spacial score (nSPS) is 15.8. The molecule has 0 atom stereocenters. The van der Waals surface area contributed by atoms with Crippen molar-refractivity contribution in [3.8, 4) is 0 Å². The number of rotatable bonds is 6. The molecule has 0 aliphatic heterocycles. The molecular weight excluding hydrogens is 300 g/mol. The lowest BCUT2D eigenvalue weighted by molar-refractivity contribution is 0.0590. The molecule has 1 aromatic heterocycles. The van der Waals surface area contributed by atoms with E-state index in [0.29, 0.717) is 6.54 Å². The topological polar surface area (TPSA) is 76.6 Å². The fraction of sp³-hybridized carbons (Fsp3) is 0.667. The lowest BCUT2D eigenvalue weighted by atomic mass is 10.2. The number of nitrogens with zero attached hydrogens (tertiary/aromatic N) is 2. The van der Waals surface area contributed by atoms with Gasteiger partial charge >= 0.3 is 5.97 Å². The van der Waals surface area contributed by atoms with E-state index in [9.17, 15) is 13.2 Å². The fourth-order valence-corrected chi connectivity index (χ4v) is 5.02. The standard InChI is InChI=1S/C12H18N2O4S2/c1-8(2)6-14(9-4-5-9)20(16,17)12-10(11(15)18-3)13-7-19-12/h7-9H,4-6H2,1-3H3. The third-order valence-electron chi connectivity index (χ3n) is 2.96. The molecule has 0 N–H and O–H groups in total. The average Bonchev–Trinajstić information content (AvgIpc) is 3.09. The monoisotopic (exact) mass is 318 g/mol. The zero-order valence-electron chi connectivity index (χ0n) is 11.7. The van der Waals surface area contributed by atoms with Crippen molar-refractivity contribution in [2.24, 2.45) is 5.92 Å². The summed E-state index contributed by atoms with van der Waals surface area (Å²) in [5.41, 5.74) is 1.24. The minimum Gasteiger partial charge on any atom is -0.464 e. The van der Waals surface area contributed by atoms with Gasteiger partial charge in [-0.15, -0.1) is 11.3 Å². The van der Waals surface area contributed by atoms with Crippen molar-refractivity contribution >= 4 is 27.3 Å². The van der Waals surface area contributed by atoms with Crippen LogP contribution in [0.2, 0.25) is 0 Å². The molecule has 0 saturated heterocycles. The molecule has 0 aromatic carbocycles. The summed E-state index contributed by atoms with van der Waals surface area (Å²) in [5, 5.41) is 0. The SMILES string of the molecule is COC(=O)c1ncsc1S(=O)(=O)N(CC(C)C)C1CC1. The van der Waals surface area contributed by atoms with Crippen LogP contribution in [0.3, 0.4) is 0 Å². The van der Waals surface area contributed by atoms with E-state index in [1.807, 2.05) is 13.8 Å². The predicted octanol–water partition coefficient (Wildman–Crippen LogP) is 1.74. The summed E-state index contributed by atoms with van der Waals surface area (Å²) < 4.78 is 31.6. The van der Waals surface area contributed by atoms with Crippen LogP contribution in [-0.2, 0) is 14.8 Å². The third kappa shape index (κ3) is 3.02. The molecule has 20 heavy (non-hydrogen) atoms. The van der Waals surface area contributed by atoms with Crippen LogP contribution in [0.4, 0.5) is 0 Å². The van der Waals surface area contributed by atoms with Gasteiger partial charge in [0.2, 0.25) is 0 Å². The Morgan fingerprint density at radius 1 is 1.55 bits per heavy atom. The summed E-state index contributed by atoms with van der Waals surface area (Å²) in [6.07, 6.45) is 1.75. The van der Waals surface area contributed by atoms with Gasteiger partial charge in [0.1, 0.15) is 0 Å². The Balaban J connectivity index is 2.38. The van der Waals surface area contributed by atoms with Gasteiger partial charge in [0.25, 0.3) is 10.0 Å². The second kappa shape index (κ2) is 5.79. The summed E-state index contributed by atoms with van der Waals surface area (Å²) in [5.74, 6) is -0.495. The molecular formula is C12H18N2O4S2. The molecule has 2 rings (SSSR count). The first-order valence-corrected chi connectivity index (χ1v) is 8.73. The molecule has 1 aliphatic rings. The van der Waals surface area contributed by atoms with Gasteiger partial charge < -0.3 is 4.74 Å². The minimum atomic E-state index is -3.69. The van der Waals surface area contributed by atoms with Crippen molar-refractivity contribution in [2.45, 2.75) is 36.9 Å². The van der Waals surface area contributed by atoms with Crippen molar-refractivity contribution in [3.63, 3.8) is 0 Å². The number of aromatic nitrogens is 1. The molecule has 0 unspecified atom stereocenters. The maximum Gasteiger partial charge on any atom is 0.358 e. The van der Waals surface area contributed by atoms with Crippen LogP contribution in [0.25, 0.3) is 0 Å². The molecule has 0 amide bonds. The van der Waals surface area contributed by atoms with Gasteiger partial charge in [0.05, 0.1) is 12.6 Å². The van der Waals surface area contributed by atoms with E-state index in [-0.39, 0.29) is 21.9 Å². The molecule has 0 radical (unpaired) electrons. The minimum absolute atomic E-state index is 0.0168. The van der Waals surface area contributed by atoms with Gasteiger partial charge in [0, 0.05) is 12.6 Å². The highest BCUT2D eigenvalue weighted by molar-refractivity contribution is 7.91. The van der Waals surface area contributed by atoms with E-state index >= 15 is 0 Å². The van der Waals surface area contributed by atoms with Crippen LogP contribution in [-0.4, -0.2) is 43.4 Å². The van der Waals surface area contributed by atoms with Crippen molar-refractivity contribution in [1.29, 1.82) is 0 Å². The van der Waals surface area contributed by atoms with Crippen LogP contribution >= 0.6 is 11.3 Å². The number of thiazole rings is 1. The average molecular weight is 318 g/mol. The van der Waals surface area contributed by atoms with E-state index in [1.165, 1.54) is 16.9 Å². The number of carbonyl (C=O) groups is 1. The second-order valence-corrected chi connectivity index (χ2v) is 8.12. The van der Waals surface area contributed by atoms with E-state index in [2.05, 4.69) is 9.72 Å². The van der Waals surface area contributed by atoms with E-state index < -0.39 is 16.0 Å². The van der Waals surface area contributed by atoms with Gasteiger partial charge in [-0.1, -0.05) is 13.8 Å². The van der Waals surface area contributed by atoms with Crippen LogP contribution < -0.4 is 0 Å². The number of hydrogen-bond acceptors (Lipinski definition) is 6. The molecule has 1 fully saturated rings. The maximum atomic E-state index is 12.7. The molecule has 6 nitrogen and oxygen atoms in total. The molecule has 1 aliphatic carbocycles. The van der Waals surface area contributed by atoms with Crippen molar-refractivity contribution in [2.75, 3.05) is 13.7 Å². The summed E-state index contributed by atoms with van der Waals surface area (Å²) in [6.45, 7) is 4.39. The number of methoxy groups -OCH3 is 1. The highest BCUT2D eigenvalue weighted by atomic mass is 32.2. The lowest BCUT2D eigenvalue weighted by Gasteiger charge is -2.23. The summed E-state index contributed by atoms with van der Waals surface area (Å²) in [7, 11) is -2.47. The summed E-state index contributed by atoms with van der Waals surface area (Å²) >= 11 is 0.959. The molecule has 8 heteroatoms. The fourth-order valence-electron chi connectivity index (χ4n) is 1.92. The van der Waals surface area contributed by atoms with Crippen LogP contribution in [0.15, 0.2) is 9.72 Å². The smallest absolute Gasteiger partial charge is 0.358 e. The first kappa shape index (κ1) is 15.4. The van der Waals surface area contributed by atoms with E-state index in [0.717, 1.165) is 24.2 Å². The molecule has 0 spiro atoms. The zero-order valence-corrected chi connectivity index (χ0v) is 13.3. The Kier molecular flexibility index (Phi) is 4.46. The summed E-state index contributed by atoms with van der Waals surface area (Å²) in [6, 6.07) is 0.0509. The van der Waals surface area contributed by atoms with E-state index in [1.54, 1.807) is 0 Å². The maximum absolute atomic E-state index is 12.7. The van der Waals surface area contributed by atoms with Gasteiger partial charge in [-0.3, -0.25) is 0 Å². The van der Waals surface area contributed by atoms with Crippen LogP contribution in [0.5, 0.6) is 0 Å². The molecule has 1 saturated carbocycles. The molecule has 0 bridgehead atoms. The third-order valence-corrected chi connectivity index (χ3v) is 6.22. The highest BCUT2D eigenvalue weighted by Crippen LogP contribution is 2.35. The lowest BCUT2D eigenvalue weighted by Crippen LogP contribution is -2.36. The first-order valence-electron chi connectivity index (χ1n) is 6.41. The predicted molar refractivity (Wildman–Crippen MR) is 75.2 cm³/mol. The van der Waals surface area contributed by atoms with Gasteiger partial charge in [-0.05, 0) is 18.8 Å². The quantitative estimate of drug-likeness (QED) is 0.747. The Morgan fingerprint density at radius 3 is 2.70 bits per heavy atom. The van der Waals surface area contributed by atoms with Crippen LogP contribution in [0, 0.1) is 5.92 Å². The van der Waals surface area contributed by atoms with Crippen LogP contribution in [0.1, 0.15) is 37.2 Å². The largest absolute Gasteiger partial charge is 0.464 e. The van der Waals surface area contributed by atoms with Crippen molar-refractivity contribution in [1.82, 2.24) is 9.29 Å². The zero-order chi connectivity index (χ0) is 14.9. The second-order valence-electron chi connectivity index (χ2n) is 5.18. The Hall–Kier alpha value is -0.990. The Labute approximate surface area is 122 Å². The van der Waals surface area contributed by atoms with Gasteiger partial charge in [0.15, 0.2) is 9.90 Å². The highest BCUT2D eigenvalue weighted by Gasteiger charge is 2.41. The number of ether oxygens (including phenoxy) is 1. The Morgan fingerprint density at radius 2 is 2.20 bits per heavy atom. The molecule has 1 aromatic rings. The number of carbonyl (C=O) groups excluding carboxylic acids is 1. The number of sulfonamides is 1. The Bertz CT molecular complexity index is 590. The van der Waals surface area contributed by atoms with Gasteiger partial charge in [-0.25, -0.2) is 18.2 Å². The van der Waals surface area contributed by atoms with Crippen molar-refractivity contribution < 1.29 is 17.9 Å². The molecule has 1 heterocycles. The number of esters is 1. The summed E-state index contributed by atoms with van der Waals surface area (Å²) in [4.78, 5) is 15.4. The number of hydrogen-bond donors (Lipinski definition) is 0. The van der Waals surface area contributed by atoms with Crippen molar-refractivity contribution in [3.05, 3.63) is 11.2 Å². The van der Waals surface area contributed by atoms with Gasteiger partial charge in [-0.2, -0.15) is 4.31 Å². The molecule has 112 valence electrons.